The molecular weight excluding hydrogens is 1640 g/mol. The summed E-state index contributed by atoms with van der Waals surface area (Å²) in [4.78, 5) is 197. The number of likely N-dealkylation sites (N-methyl/N-ethyl adjacent to an activating group) is 2. The Bertz CT molecular complexity index is 3850. The van der Waals surface area contributed by atoms with Crippen molar-refractivity contribution in [1.29, 1.82) is 0 Å². The number of nitrogens with one attached hydrogen (secondary N) is 9. The van der Waals surface area contributed by atoms with Gasteiger partial charge < -0.3 is 117 Å². The van der Waals surface area contributed by atoms with Crippen LogP contribution in [0, 0.1) is 29.6 Å². The first-order valence-electron chi connectivity index (χ1n) is 43.4. The summed E-state index contributed by atoms with van der Waals surface area (Å²) in [5.74, 6) is -10.1. The van der Waals surface area contributed by atoms with Crippen LogP contribution >= 0.6 is 0 Å². The maximum Gasteiger partial charge on any atom is 0.410 e. The molecule has 3 aliphatic heterocycles. The maximum absolute atomic E-state index is 14.9. The zero-order valence-corrected chi connectivity index (χ0v) is 75.6. The number of unbranched alkanes of at least 4 members (excludes halogenated alkanes) is 2. The number of aliphatic hydroxyl groups excluding tert-OH is 3. The summed E-state index contributed by atoms with van der Waals surface area (Å²) >= 11 is 0. The van der Waals surface area contributed by atoms with E-state index in [0.29, 0.717) is 76.2 Å². The fourth-order valence-electron chi connectivity index (χ4n) is 15.2. The molecule has 14 N–H and O–H groups in total. The number of imide groups is 1. The molecule has 2 aromatic rings. The number of nitrogens with two attached hydrogens (primary N) is 1. The van der Waals surface area contributed by atoms with Crippen molar-refractivity contribution in [1.82, 2.24) is 62.1 Å². The molecule has 706 valence electrons. The van der Waals surface area contributed by atoms with Gasteiger partial charge in [-0.2, -0.15) is 0 Å². The molecule has 0 aromatic heterocycles. The van der Waals surface area contributed by atoms with Crippen LogP contribution in [0.1, 0.15) is 164 Å². The van der Waals surface area contributed by atoms with Crippen LogP contribution in [0.15, 0.2) is 66.7 Å². The van der Waals surface area contributed by atoms with Gasteiger partial charge in [0.15, 0.2) is 12.3 Å². The summed E-state index contributed by atoms with van der Waals surface area (Å²) in [5, 5.41) is 56.6. The lowest BCUT2D eigenvalue weighted by molar-refractivity contribution is -0.148. The molecule has 17 atom stereocenters. The fraction of sp³-hybridized carbons (Fsp3) is 0.678. The van der Waals surface area contributed by atoms with Crippen molar-refractivity contribution in [3.63, 3.8) is 0 Å². The van der Waals surface area contributed by atoms with Crippen molar-refractivity contribution in [2.45, 2.75) is 244 Å². The highest BCUT2D eigenvalue weighted by Crippen LogP contribution is 2.31. The minimum atomic E-state index is -1.78. The molecule has 0 bridgehead atoms. The van der Waals surface area contributed by atoms with Gasteiger partial charge in [-0.1, -0.05) is 118 Å². The maximum atomic E-state index is 14.9. The third kappa shape index (κ3) is 33.7. The lowest BCUT2D eigenvalue weighted by Gasteiger charge is -2.41. The van der Waals surface area contributed by atoms with Gasteiger partial charge in [0.25, 0.3) is 17.7 Å². The van der Waals surface area contributed by atoms with Gasteiger partial charge in [-0.25, -0.2) is 9.59 Å². The number of primary amides is 1. The quantitative estimate of drug-likeness (QED) is 0.0331. The SMILES string of the molecule is CC[C@H](C)[C@@H]([C@@H](CC(=O)N1CCC[C@H]1[C@H](OC)[C@@H](C)C(=O)N[C@H](C)[C@@H](O)c1ccccc1)OC)N(C)C(=O)[C@@H](NC(=O)[C@H](C(C)C)N(C)C(=O)OCc1ccc(NC(=O)[C@H](CCCNC(N)=O)NC(=O)[C@@H](NC(=O)[C@H](CCC(=O)NC2O[C@H](C(=O)NCCOCCOCCOCCOC)[C@@H](O)[C@H]2O)NC(=O)CCCCCN2C(=O)C=CC2=O)C(C)C)cc1)C(C)C. The number of carbonyl (C=O) groups excluding carboxylic acids is 14. The van der Waals surface area contributed by atoms with Crippen LogP contribution in [-0.2, 0) is 102 Å². The molecule has 39 nitrogen and oxygen atoms in total. The fourth-order valence-corrected chi connectivity index (χ4v) is 15.2. The van der Waals surface area contributed by atoms with Crippen molar-refractivity contribution in [2.75, 3.05) is 113 Å². The molecule has 126 heavy (non-hydrogen) atoms. The average molecular weight is 1780 g/mol. The Kier molecular flexibility index (Phi) is 46.6. The topological polar surface area (TPSA) is 521 Å². The Labute approximate surface area is 738 Å². The van der Waals surface area contributed by atoms with E-state index in [1.54, 1.807) is 111 Å². The summed E-state index contributed by atoms with van der Waals surface area (Å²) < 4.78 is 44.5. The van der Waals surface area contributed by atoms with Gasteiger partial charge in [0.1, 0.15) is 49.0 Å². The lowest BCUT2D eigenvalue weighted by atomic mass is 9.89. The van der Waals surface area contributed by atoms with Crippen molar-refractivity contribution in [3.8, 4) is 0 Å². The van der Waals surface area contributed by atoms with Gasteiger partial charge in [-0.15, -0.1) is 0 Å². The number of rotatable bonds is 57. The van der Waals surface area contributed by atoms with E-state index in [0.717, 1.165) is 22.0 Å². The van der Waals surface area contributed by atoms with Crippen molar-refractivity contribution < 1.29 is 120 Å². The van der Waals surface area contributed by atoms with E-state index >= 15 is 0 Å². The number of anilines is 1. The minimum absolute atomic E-state index is 0.00792. The van der Waals surface area contributed by atoms with E-state index < -0.39 is 199 Å². The molecule has 0 radical (unpaired) electrons. The molecule has 5 rings (SSSR count). The number of aliphatic hydroxyl groups is 3. The van der Waals surface area contributed by atoms with Gasteiger partial charge in [-0.05, 0) is 98.8 Å². The lowest BCUT2D eigenvalue weighted by Crippen LogP contribution is -2.60. The molecule has 0 spiro atoms. The van der Waals surface area contributed by atoms with E-state index in [-0.39, 0.29) is 102 Å². The molecule has 15 amide bonds. The Morgan fingerprint density at radius 2 is 1.24 bits per heavy atom. The molecule has 0 saturated carbocycles. The number of hydrogen-bond acceptors (Lipinski definition) is 25. The number of methoxy groups -OCH3 is 3. The van der Waals surface area contributed by atoms with Crippen LogP contribution < -0.4 is 53.6 Å². The second kappa shape index (κ2) is 55.0. The number of hydrogen-bond donors (Lipinski definition) is 13. The molecule has 3 heterocycles. The highest BCUT2D eigenvalue weighted by Gasteiger charge is 2.48. The Hall–Kier alpha value is -9.84. The van der Waals surface area contributed by atoms with Gasteiger partial charge in [0.2, 0.25) is 53.2 Å². The molecule has 0 aliphatic carbocycles. The van der Waals surface area contributed by atoms with Crippen molar-refractivity contribution >= 4 is 88.7 Å². The largest absolute Gasteiger partial charge is 0.445 e. The predicted molar refractivity (Wildman–Crippen MR) is 461 cm³/mol. The van der Waals surface area contributed by atoms with E-state index in [4.69, 9.17) is 43.6 Å². The Morgan fingerprint density at radius 3 is 1.83 bits per heavy atom. The number of nitrogens with zero attached hydrogens (tertiary/aromatic N) is 4. The first kappa shape index (κ1) is 107. The van der Waals surface area contributed by atoms with Crippen LogP contribution in [0.4, 0.5) is 15.3 Å². The van der Waals surface area contributed by atoms with Gasteiger partial charge in [-0.3, -0.25) is 67.3 Å². The zero-order chi connectivity index (χ0) is 93.4. The predicted octanol–water partition coefficient (Wildman–Crippen LogP) is 1.72. The number of urea groups is 1. The van der Waals surface area contributed by atoms with Crippen LogP contribution in [0.25, 0.3) is 0 Å². The summed E-state index contributed by atoms with van der Waals surface area (Å²) in [6, 6.07) is 5.99. The second-order valence-corrected chi connectivity index (χ2v) is 33.0. The third-order valence-corrected chi connectivity index (χ3v) is 22.6. The first-order valence-corrected chi connectivity index (χ1v) is 43.4. The van der Waals surface area contributed by atoms with Crippen molar-refractivity contribution in [2.24, 2.45) is 35.3 Å². The molecular formula is C87H138N14O25. The van der Waals surface area contributed by atoms with Crippen LogP contribution in [0.2, 0.25) is 0 Å². The number of likely N-dealkylation sites (tertiary alicyclic amines) is 1. The number of ether oxygens (including phenoxy) is 8. The van der Waals surface area contributed by atoms with Gasteiger partial charge >= 0.3 is 12.1 Å². The van der Waals surface area contributed by atoms with E-state index in [9.17, 15) is 82.4 Å². The van der Waals surface area contributed by atoms with Crippen LogP contribution in [-0.4, -0.2) is 311 Å². The van der Waals surface area contributed by atoms with Gasteiger partial charge in [0, 0.05) is 92.3 Å². The summed E-state index contributed by atoms with van der Waals surface area (Å²) in [6.07, 6.45) is -6.22. The van der Waals surface area contributed by atoms with E-state index in [1.165, 1.54) is 38.3 Å². The number of benzene rings is 2. The highest BCUT2D eigenvalue weighted by molar-refractivity contribution is 6.13. The summed E-state index contributed by atoms with van der Waals surface area (Å²) in [6.45, 7) is 19.9. The number of carbonyl (C=O) groups is 14. The van der Waals surface area contributed by atoms with E-state index in [1.807, 2.05) is 19.9 Å². The standard InChI is InChI=1S/C87H138N14O25/c1-16-54(8)72(63(120-14)49-68(106)100-41-24-28-62(100)76(121-15)55(9)78(110)91-56(10)73(107)58-25-19-17-20-26-58)98(11)85(116)70(52(4)5)97-82(114)71(53(6)7)99(12)87(118)125-50-57-30-32-59(33-31-57)92-79(111)60(27-23-38-90-86(88)117)94-81(113)69(51(2)3)96-80(112)61(93-64(102)29-21-18-22-40-101-66(104)36-37-67(101)105)34-35-65(103)95-84-75(109)74(108)77(126-84)83(115)89-39-42-122-45-46-124-48-47-123-44-43-119-13/h17,19-20,25-26,30-33,36-37,51-56,60-63,69-77,84,107-109H,16,18,21-24,27-29,34-35,38-50H2,1-15H3,(H,89,115)(H,91,110)(H,92,111)(H,93,102)(H,94,113)(H,95,103)(H,96,112)(H,97,114)(H3,88,90,117)/t54-,55+,56+,60-,61-,62-,63+,69-,70-,71-,72-,73+,74-,75+,76+,77-,84?/m0/s1. The minimum Gasteiger partial charge on any atom is -0.445 e. The Balaban J connectivity index is 1.21. The van der Waals surface area contributed by atoms with Crippen LogP contribution in [0.5, 0.6) is 0 Å². The monoisotopic (exact) mass is 1780 g/mol. The molecule has 2 aromatic carbocycles. The average Bonchev–Trinajstić information content (AvgIpc) is 1.58. The van der Waals surface area contributed by atoms with Gasteiger partial charge in [0.05, 0.1) is 95.0 Å². The third-order valence-electron chi connectivity index (χ3n) is 22.6. The molecule has 2 fully saturated rings. The summed E-state index contributed by atoms with van der Waals surface area (Å²) in [5.41, 5.74) is 6.64. The molecule has 1 unspecified atom stereocenters. The first-order chi connectivity index (χ1) is 59.9. The zero-order valence-electron chi connectivity index (χ0n) is 75.6. The van der Waals surface area contributed by atoms with Crippen molar-refractivity contribution in [3.05, 3.63) is 77.9 Å². The second-order valence-electron chi connectivity index (χ2n) is 33.0. The highest BCUT2D eigenvalue weighted by atomic mass is 16.6. The summed E-state index contributed by atoms with van der Waals surface area (Å²) in [7, 11) is 7.55. The van der Waals surface area contributed by atoms with Crippen LogP contribution in [0.3, 0.4) is 0 Å². The molecule has 2 saturated heterocycles. The normalized spacial score (nSPS) is 19.1. The molecule has 39 heteroatoms. The number of amides is 15. The molecule has 3 aliphatic rings. The Morgan fingerprint density at radius 1 is 0.619 bits per heavy atom. The van der Waals surface area contributed by atoms with E-state index in [2.05, 4.69) is 47.9 Å². The smallest absolute Gasteiger partial charge is 0.410 e.